The van der Waals surface area contributed by atoms with Gasteiger partial charge in [-0.1, -0.05) is 12.0 Å². The van der Waals surface area contributed by atoms with E-state index in [1.807, 2.05) is 6.92 Å². The second-order valence-corrected chi connectivity index (χ2v) is 4.66. The molecular formula is C8H20N2O3S. The molecule has 0 bridgehead atoms. The van der Waals surface area contributed by atoms with E-state index >= 15 is 0 Å². The Hall–Kier alpha value is 0.150. The van der Waals surface area contributed by atoms with Crippen molar-refractivity contribution in [3.63, 3.8) is 0 Å². The van der Waals surface area contributed by atoms with Crippen LogP contribution in [0.5, 0.6) is 0 Å². The van der Waals surface area contributed by atoms with Crippen molar-refractivity contribution >= 4 is 11.8 Å². The van der Waals surface area contributed by atoms with E-state index in [4.69, 9.17) is 11.0 Å². The summed E-state index contributed by atoms with van der Waals surface area (Å²) in [5, 5.41) is 15.0. The highest BCUT2D eigenvalue weighted by molar-refractivity contribution is 7.99. The summed E-state index contributed by atoms with van der Waals surface area (Å²) in [4.78, 5) is 4.53. The minimum Gasteiger partial charge on any atom is -0.327 e. The van der Waals surface area contributed by atoms with Crippen LogP contribution in [-0.2, 0) is 9.93 Å². The Balaban J connectivity index is 3.50. The molecular weight excluding hydrogens is 204 g/mol. The average molecular weight is 224 g/mol. The van der Waals surface area contributed by atoms with Crippen LogP contribution in [0, 0.1) is 0 Å². The number of thioether (sulfide) groups is 1. The van der Waals surface area contributed by atoms with E-state index in [0.29, 0.717) is 5.25 Å². The highest BCUT2D eigenvalue weighted by Gasteiger charge is 2.11. The number of rotatable bonds is 8. The quantitative estimate of drug-likeness (QED) is 0.322. The summed E-state index contributed by atoms with van der Waals surface area (Å²) < 4.78 is 0. The molecule has 0 heterocycles. The lowest BCUT2D eigenvalue weighted by Gasteiger charge is -2.17. The van der Waals surface area contributed by atoms with E-state index in [1.54, 1.807) is 18.8 Å². The minimum atomic E-state index is -0.284. The van der Waals surface area contributed by atoms with Crippen LogP contribution in [0.3, 0.4) is 0 Å². The molecule has 3 unspecified atom stereocenters. The maximum Gasteiger partial charge on any atom is 0.147 e. The fourth-order valence-electron chi connectivity index (χ4n) is 0.805. The molecule has 0 saturated carbocycles. The van der Waals surface area contributed by atoms with Gasteiger partial charge in [0.05, 0.1) is 0 Å². The molecule has 4 N–H and O–H groups in total. The van der Waals surface area contributed by atoms with Crippen LogP contribution in [0.25, 0.3) is 0 Å². The summed E-state index contributed by atoms with van der Waals surface area (Å²) in [7, 11) is 1.74. The molecule has 0 rings (SSSR count). The van der Waals surface area contributed by atoms with Gasteiger partial charge in [0.2, 0.25) is 0 Å². The van der Waals surface area contributed by atoms with Crippen molar-refractivity contribution in [2.75, 3.05) is 12.8 Å². The molecule has 0 saturated heterocycles. The molecule has 0 aromatic heterocycles. The van der Waals surface area contributed by atoms with Crippen molar-refractivity contribution in [1.82, 2.24) is 5.32 Å². The molecule has 0 spiro atoms. The fourth-order valence-corrected chi connectivity index (χ4v) is 1.83. The van der Waals surface area contributed by atoms with Crippen LogP contribution in [-0.4, -0.2) is 35.6 Å². The largest absolute Gasteiger partial charge is 0.327 e. The number of hydrogen-bond donors (Lipinski definition) is 3. The molecule has 6 heteroatoms. The Morgan fingerprint density at radius 1 is 1.50 bits per heavy atom. The molecule has 14 heavy (non-hydrogen) atoms. The number of nitrogens with two attached hydrogens (primary N) is 1. The Morgan fingerprint density at radius 2 is 2.14 bits per heavy atom. The summed E-state index contributed by atoms with van der Waals surface area (Å²) in [6.45, 7) is 4.08. The summed E-state index contributed by atoms with van der Waals surface area (Å²) in [6.07, 6.45) is 0.464. The van der Waals surface area contributed by atoms with Gasteiger partial charge in [0.15, 0.2) is 0 Å². The zero-order valence-electron chi connectivity index (χ0n) is 8.90. The molecule has 0 aromatic rings. The lowest BCUT2D eigenvalue weighted by atomic mass is 10.3. The summed E-state index contributed by atoms with van der Waals surface area (Å²) in [5.41, 5.74) is 5.71. The maximum absolute atomic E-state index is 8.08. The van der Waals surface area contributed by atoms with Gasteiger partial charge in [-0.3, -0.25) is 5.32 Å². The maximum atomic E-state index is 8.08. The van der Waals surface area contributed by atoms with Crippen LogP contribution >= 0.6 is 11.8 Å². The van der Waals surface area contributed by atoms with Gasteiger partial charge >= 0.3 is 0 Å². The van der Waals surface area contributed by atoms with Crippen LogP contribution in [0.2, 0.25) is 0 Å². The summed E-state index contributed by atoms with van der Waals surface area (Å²) >= 11 is 1.77. The molecule has 0 radical (unpaired) electrons. The molecule has 0 fully saturated rings. The third-order valence-electron chi connectivity index (χ3n) is 1.98. The topological polar surface area (TPSA) is 76.7 Å². The van der Waals surface area contributed by atoms with Crippen LogP contribution in [0.15, 0.2) is 0 Å². The lowest BCUT2D eigenvalue weighted by Crippen LogP contribution is -2.30. The normalized spacial score (nSPS) is 17.8. The first-order chi connectivity index (χ1) is 6.61. The van der Waals surface area contributed by atoms with Gasteiger partial charge in [-0.25, -0.2) is 5.26 Å². The Kier molecular flexibility index (Phi) is 8.55. The van der Waals surface area contributed by atoms with Gasteiger partial charge in [0, 0.05) is 11.3 Å². The second kappa shape index (κ2) is 8.46. The fraction of sp³-hybridized carbons (Fsp3) is 1.00. The Morgan fingerprint density at radius 3 is 2.57 bits per heavy atom. The van der Waals surface area contributed by atoms with Crippen molar-refractivity contribution in [1.29, 1.82) is 0 Å². The van der Waals surface area contributed by atoms with Gasteiger partial charge in [0.1, 0.15) is 6.23 Å². The van der Waals surface area contributed by atoms with Gasteiger partial charge in [-0.2, -0.15) is 16.6 Å². The highest BCUT2D eigenvalue weighted by atomic mass is 32.2. The average Bonchev–Trinajstić information content (AvgIpc) is 2.16. The third-order valence-corrected chi connectivity index (χ3v) is 3.41. The predicted octanol–water partition coefficient (Wildman–Crippen LogP) is 0.812. The third kappa shape index (κ3) is 6.58. The zero-order chi connectivity index (χ0) is 11.0. The van der Waals surface area contributed by atoms with E-state index < -0.39 is 0 Å². The number of hydrogen-bond acceptors (Lipinski definition) is 6. The standard InChI is InChI=1S/C8H20N2O3S/c1-6(9)7(2)14-5-4-8(10-3)12-13-11/h6-8,10-11H,4-5,9H2,1-3H3. The molecule has 0 amide bonds. The summed E-state index contributed by atoms with van der Waals surface area (Å²) in [6, 6.07) is 0.183. The van der Waals surface area contributed by atoms with E-state index in [0.717, 1.165) is 12.2 Å². The minimum absolute atomic E-state index is 0.183. The van der Waals surface area contributed by atoms with Crippen LogP contribution in [0.1, 0.15) is 20.3 Å². The first kappa shape index (κ1) is 14.2. The molecule has 0 aliphatic rings. The van der Waals surface area contributed by atoms with Crippen molar-refractivity contribution in [2.45, 2.75) is 37.8 Å². The van der Waals surface area contributed by atoms with Crippen LogP contribution in [0.4, 0.5) is 0 Å². The lowest BCUT2D eigenvalue weighted by molar-refractivity contribution is -0.508. The van der Waals surface area contributed by atoms with E-state index in [1.165, 1.54) is 0 Å². The second-order valence-electron chi connectivity index (χ2n) is 3.17. The molecule has 0 aromatic carbocycles. The van der Waals surface area contributed by atoms with Crippen LogP contribution < -0.4 is 11.1 Å². The van der Waals surface area contributed by atoms with Gasteiger partial charge in [-0.05, 0) is 26.1 Å². The monoisotopic (exact) mass is 224 g/mol. The summed E-state index contributed by atoms with van der Waals surface area (Å²) in [5.74, 6) is 0.900. The number of nitrogens with one attached hydrogen (secondary N) is 1. The van der Waals surface area contributed by atoms with E-state index in [2.05, 4.69) is 22.2 Å². The van der Waals surface area contributed by atoms with Crippen molar-refractivity contribution in [2.24, 2.45) is 5.73 Å². The van der Waals surface area contributed by atoms with Crippen molar-refractivity contribution in [3.8, 4) is 0 Å². The Labute approximate surface area is 89.2 Å². The van der Waals surface area contributed by atoms with Crippen molar-refractivity contribution < 1.29 is 15.2 Å². The van der Waals surface area contributed by atoms with Gasteiger partial charge < -0.3 is 5.73 Å². The highest BCUT2D eigenvalue weighted by Crippen LogP contribution is 2.15. The van der Waals surface area contributed by atoms with Gasteiger partial charge in [-0.15, -0.1) is 0 Å². The first-order valence-electron chi connectivity index (χ1n) is 4.63. The van der Waals surface area contributed by atoms with Gasteiger partial charge in [0.25, 0.3) is 0 Å². The smallest absolute Gasteiger partial charge is 0.147 e. The molecule has 0 aliphatic heterocycles. The molecule has 5 nitrogen and oxygen atoms in total. The first-order valence-corrected chi connectivity index (χ1v) is 5.68. The van der Waals surface area contributed by atoms with Crippen molar-refractivity contribution in [3.05, 3.63) is 0 Å². The molecule has 0 aliphatic carbocycles. The molecule has 3 atom stereocenters. The predicted molar refractivity (Wildman–Crippen MR) is 57.8 cm³/mol. The SMILES string of the molecule is CNC(CCSC(C)C(C)N)OOO. The van der Waals surface area contributed by atoms with E-state index in [-0.39, 0.29) is 12.3 Å². The molecule has 86 valence electrons. The Bertz CT molecular complexity index is 138. The van der Waals surface area contributed by atoms with E-state index in [9.17, 15) is 0 Å². The zero-order valence-corrected chi connectivity index (χ0v) is 9.71.